The van der Waals surface area contributed by atoms with Crippen molar-refractivity contribution in [3.63, 3.8) is 0 Å². The number of isocyanates is 1. The molecular weight excluding hydrogens is 94.1 g/mol. The maximum absolute atomic E-state index is 9.34. The number of carbonyl (C=O) groups excluding carboxylic acids is 1. The fraction of sp³-hybridized carbons (Fsp3) is 0.667. The van der Waals surface area contributed by atoms with Crippen LogP contribution < -0.4 is 0 Å². The summed E-state index contributed by atoms with van der Waals surface area (Å²) in [7, 11) is 0. The van der Waals surface area contributed by atoms with Gasteiger partial charge in [-0.15, -0.1) is 0 Å². The molecule has 4 heteroatoms. The Balaban J connectivity index is 3.56. The zero-order valence-corrected chi connectivity index (χ0v) is 3.88. The third-order valence-corrected chi connectivity index (χ3v) is 0.426. The Bertz CT molecular complexity index is 105. The van der Waals surface area contributed by atoms with E-state index in [9.17, 15) is 4.79 Å². The van der Waals surface area contributed by atoms with Crippen molar-refractivity contribution in [2.45, 2.75) is 13.1 Å². The van der Waals surface area contributed by atoms with Crippen LogP contribution in [-0.2, 0) is 4.79 Å². The molecule has 0 aromatic carbocycles. The van der Waals surface area contributed by atoms with Crippen LogP contribution in [0.25, 0.3) is 0 Å². The Morgan fingerprint density at radius 2 is 2.43 bits per heavy atom. The van der Waals surface area contributed by atoms with Gasteiger partial charge in [-0.05, 0) is 6.92 Å². The highest BCUT2D eigenvalue weighted by atomic mass is 16.1. The third kappa shape index (κ3) is 2.79. The quantitative estimate of drug-likeness (QED) is 0.309. The first-order chi connectivity index (χ1) is 3.31. The molecule has 7 heavy (non-hydrogen) atoms. The van der Waals surface area contributed by atoms with Gasteiger partial charge < -0.3 is 0 Å². The van der Waals surface area contributed by atoms with Crippen LogP contribution in [0.5, 0.6) is 0 Å². The van der Waals surface area contributed by atoms with Crippen molar-refractivity contribution in [2.75, 3.05) is 0 Å². The summed E-state index contributed by atoms with van der Waals surface area (Å²) in [6, 6.07) is 0. The highest BCUT2D eigenvalue weighted by Gasteiger charge is 1.86. The maximum Gasteiger partial charge on any atom is 0.237 e. The molecule has 0 heterocycles. The third-order valence-electron chi connectivity index (χ3n) is 0.426. The van der Waals surface area contributed by atoms with Gasteiger partial charge in [-0.2, -0.15) is 10.1 Å². The zero-order valence-electron chi connectivity index (χ0n) is 3.88. The van der Waals surface area contributed by atoms with E-state index in [4.69, 9.17) is 5.53 Å². The Labute approximate surface area is 40.8 Å². The average molecular weight is 99.1 g/mol. The Kier molecular flexibility index (Phi) is 2.72. The molecule has 0 spiro atoms. The molecule has 0 aliphatic heterocycles. The van der Waals surface area contributed by atoms with Crippen LogP contribution in [0.4, 0.5) is 0 Å². The minimum absolute atomic E-state index is 0.558. The van der Waals surface area contributed by atoms with Crippen molar-refractivity contribution in [3.05, 3.63) is 0 Å². The molecule has 0 aromatic heterocycles. The molecule has 0 fully saturated rings. The van der Waals surface area contributed by atoms with Gasteiger partial charge in [0.25, 0.3) is 0 Å². The van der Waals surface area contributed by atoms with Crippen LogP contribution in [0.1, 0.15) is 6.92 Å². The lowest BCUT2D eigenvalue weighted by molar-refractivity contribution is 0.557. The fourth-order valence-electron chi connectivity index (χ4n) is 0.105. The Hall–Kier alpha value is -1.02. The van der Waals surface area contributed by atoms with E-state index in [-0.39, 0.29) is 0 Å². The van der Waals surface area contributed by atoms with E-state index in [1.807, 2.05) is 0 Å². The normalized spacial score (nSPS) is 11.6. The minimum atomic E-state index is -0.558. The van der Waals surface area contributed by atoms with Gasteiger partial charge in [-0.25, -0.2) is 10.3 Å². The standard InChI is InChI=1S/C3H5N3O/c1-3(6-4)5-2-7/h3-4H,1H3. The molecule has 38 valence electrons. The average Bonchev–Trinajstić information content (AvgIpc) is 1.68. The lowest BCUT2D eigenvalue weighted by Gasteiger charge is -1.84. The maximum atomic E-state index is 9.34. The summed E-state index contributed by atoms with van der Waals surface area (Å²) in [5, 5.41) is 2.90. The first-order valence-electron chi connectivity index (χ1n) is 1.75. The van der Waals surface area contributed by atoms with Gasteiger partial charge in [0.05, 0.1) is 0 Å². The number of nitrogens with zero attached hydrogens (tertiary/aromatic N) is 2. The van der Waals surface area contributed by atoms with E-state index in [2.05, 4.69) is 10.1 Å². The molecule has 0 saturated carbocycles. The second-order valence-electron chi connectivity index (χ2n) is 0.981. The second-order valence-corrected chi connectivity index (χ2v) is 0.981. The molecule has 0 amide bonds. The summed E-state index contributed by atoms with van der Waals surface area (Å²) in [4.78, 5) is 12.4. The van der Waals surface area contributed by atoms with E-state index in [1.165, 1.54) is 13.0 Å². The van der Waals surface area contributed by atoms with Gasteiger partial charge in [-0.1, -0.05) is 0 Å². The van der Waals surface area contributed by atoms with E-state index in [0.29, 0.717) is 0 Å². The molecule has 1 unspecified atom stereocenters. The molecule has 0 bridgehead atoms. The van der Waals surface area contributed by atoms with Crippen molar-refractivity contribution >= 4 is 6.08 Å². The summed E-state index contributed by atoms with van der Waals surface area (Å²) in [5.41, 5.74) is 6.26. The van der Waals surface area contributed by atoms with Gasteiger partial charge >= 0.3 is 0 Å². The molecule has 1 atom stereocenters. The van der Waals surface area contributed by atoms with Gasteiger partial charge in [0.15, 0.2) is 6.17 Å². The first-order valence-corrected chi connectivity index (χ1v) is 1.75. The molecule has 0 saturated heterocycles. The van der Waals surface area contributed by atoms with Crippen molar-refractivity contribution in [2.24, 2.45) is 10.1 Å². The lowest BCUT2D eigenvalue weighted by Crippen LogP contribution is -1.86. The highest BCUT2D eigenvalue weighted by molar-refractivity contribution is 5.33. The number of hydrogen-bond donors (Lipinski definition) is 1. The lowest BCUT2D eigenvalue weighted by atomic mass is 10.6. The SMILES string of the molecule is CC(N=N)N=C=O. The monoisotopic (exact) mass is 99.0 g/mol. The van der Waals surface area contributed by atoms with Crippen molar-refractivity contribution in [1.82, 2.24) is 0 Å². The van der Waals surface area contributed by atoms with Crippen molar-refractivity contribution in [3.8, 4) is 0 Å². The van der Waals surface area contributed by atoms with E-state index in [0.717, 1.165) is 0 Å². The van der Waals surface area contributed by atoms with Crippen LogP contribution in [0.15, 0.2) is 10.1 Å². The Morgan fingerprint density at radius 3 is 2.57 bits per heavy atom. The number of aliphatic imine (C=N–C) groups is 1. The Morgan fingerprint density at radius 1 is 1.86 bits per heavy atom. The second kappa shape index (κ2) is 3.18. The van der Waals surface area contributed by atoms with E-state index in [1.54, 1.807) is 0 Å². The molecule has 0 aliphatic carbocycles. The first kappa shape index (κ1) is 5.98. The molecule has 0 radical (unpaired) electrons. The van der Waals surface area contributed by atoms with Crippen LogP contribution in [-0.4, -0.2) is 12.2 Å². The van der Waals surface area contributed by atoms with Crippen LogP contribution >= 0.6 is 0 Å². The predicted molar refractivity (Wildman–Crippen MR) is 22.7 cm³/mol. The predicted octanol–water partition coefficient (Wildman–Crippen LogP) is 0.699. The summed E-state index contributed by atoms with van der Waals surface area (Å²) < 4.78 is 0. The van der Waals surface area contributed by atoms with Gasteiger partial charge in [0.1, 0.15) is 0 Å². The fourth-order valence-corrected chi connectivity index (χ4v) is 0.105. The number of hydrogen-bond acceptors (Lipinski definition) is 4. The molecule has 0 aromatic rings. The number of rotatable bonds is 2. The van der Waals surface area contributed by atoms with Gasteiger partial charge in [0.2, 0.25) is 6.08 Å². The van der Waals surface area contributed by atoms with Gasteiger partial charge in [0, 0.05) is 0 Å². The summed E-state index contributed by atoms with van der Waals surface area (Å²) >= 11 is 0. The molecule has 0 rings (SSSR count). The topological polar surface area (TPSA) is 65.6 Å². The van der Waals surface area contributed by atoms with E-state index >= 15 is 0 Å². The molecule has 1 N–H and O–H groups in total. The number of nitrogens with one attached hydrogen (secondary N) is 1. The van der Waals surface area contributed by atoms with Crippen LogP contribution in [0.3, 0.4) is 0 Å². The van der Waals surface area contributed by atoms with Crippen LogP contribution in [0.2, 0.25) is 0 Å². The van der Waals surface area contributed by atoms with E-state index < -0.39 is 6.17 Å². The minimum Gasteiger partial charge on any atom is -0.211 e. The highest BCUT2D eigenvalue weighted by Crippen LogP contribution is 1.84. The summed E-state index contributed by atoms with van der Waals surface area (Å²) in [6.07, 6.45) is 0.722. The molecular formula is C3H5N3O. The van der Waals surface area contributed by atoms with Crippen molar-refractivity contribution in [1.29, 1.82) is 5.53 Å². The van der Waals surface area contributed by atoms with Gasteiger partial charge in [-0.3, -0.25) is 0 Å². The van der Waals surface area contributed by atoms with Crippen molar-refractivity contribution < 1.29 is 4.79 Å². The summed E-state index contributed by atoms with van der Waals surface area (Å²) in [5.74, 6) is 0. The largest absolute Gasteiger partial charge is 0.237 e. The summed E-state index contributed by atoms with van der Waals surface area (Å²) in [6.45, 7) is 1.53. The smallest absolute Gasteiger partial charge is 0.211 e. The zero-order chi connectivity index (χ0) is 5.70. The molecule has 0 aliphatic rings. The molecule has 4 nitrogen and oxygen atoms in total. The van der Waals surface area contributed by atoms with Crippen LogP contribution in [0, 0.1) is 5.53 Å².